The summed E-state index contributed by atoms with van der Waals surface area (Å²) < 4.78 is 6.92. The average molecular weight is 489 g/mol. The maximum atomic E-state index is 13.3. The Balaban J connectivity index is 1.58. The number of aromatic nitrogens is 2. The van der Waals surface area contributed by atoms with Crippen molar-refractivity contribution in [2.24, 2.45) is 0 Å². The largest absolute Gasteiger partial charge is 0.495 e. The third-order valence-corrected chi connectivity index (χ3v) is 6.11. The van der Waals surface area contributed by atoms with Crippen molar-refractivity contribution in [3.63, 3.8) is 0 Å². The van der Waals surface area contributed by atoms with Crippen LogP contribution in [0.1, 0.15) is 12.5 Å². The predicted octanol–water partition coefficient (Wildman–Crippen LogP) is 4.14. The molecule has 0 aliphatic rings. The number of hydrogen-bond donors (Lipinski definition) is 2. The van der Waals surface area contributed by atoms with Gasteiger partial charge in [-0.05, 0) is 35.9 Å². The van der Waals surface area contributed by atoms with Gasteiger partial charge in [0.25, 0.3) is 5.56 Å². The number of carbonyl (C=O) groups excluding carboxylic acids is 2. The number of para-hydroxylation sites is 1. The van der Waals surface area contributed by atoms with Gasteiger partial charge in [-0.15, -0.1) is 0 Å². The molecule has 3 aromatic carbocycles. The topological polar surface area (TPSA) is 102 Å². The van der Waals surface area contributed by atoms with Gasteiger partial charge in [-0.2, -0.15) is 0 Å². The fraction of sp³-hybridized carbons (Fsp3) is 0.154. The molecule has 0 saturated heterocycles. The monoisotopic (exact) mass is 488 g/mol. The molecular formula is C26H24N4O4S. The number of fused-ring (bicyclic) bond motifs is 1. The molecule has 9 heteroatoms. The smallest absolute Gasteiger partial charge is 0.262 e. The van der Waals surface area contributed by atoms with E-state index in [2.05, 4.69) is 15.6 Å². The van der Waals surface area contributed by atoms with Crippen molar-refractivity contribution in [3.05, 3.63) is 88.7 Å². The normalized spacial score (nSPS) is 10.7. The summed E-state index contributed by atoms with van der Waals surface area (Å²) in [6.07, 6.45) is 0. The van der Waals surface area contributed by atoms with Gasteiger partial charge in [-0.3, -0.25) is 19.0 Å². The molecule has 178 valence electrons. The van der Waals surface area contributed by atoms with Gasteiger partial charge in [-0.1, -0.05) is 54.2 Å². The highest BCUT2D eigenvalue weighted by molar-refractivity contribution is 7.99. The minimum atomic E-state index is -0.304. The number of rotatable bonds is 8. The number of carbonyl (C=O) groups is 2. The molecule has 4 rings (SSSR count). The van der Waals surface area contributed by atoms with Crippen molar-refractivity contribution in [2.75, 3.05) is 23.5 Å². The first-order valence-electron chi connectivity index (χ1n) is 10.9. The molecule has 0 fully saturated rings. The van der Waals surface area contributed by atoms with Crippen LogP contribution in [0, 0.1) is 0 Å². The van der Waals surface area contributed by atoms with Crippen LogP contribution < -0.4 is 20.9 Å². The van der Waals surface area contributed by atoms with Crippen molar-refractivity contribution in [3.8, 4) is 5.75 Å². The molecule has 0 aliphatic heterocycles. The van der Waals surface area contributed by atoms with Gasteiger partial charge < -0.3 is 15.4 Å². The van der Waals surface area contributed by atoms with E-state index in [0.29, 0.717) is 39.7 Å². The zero-order valence-corrected chi connectivity index (χ0v) is 20.1. The van der Waals surface area contributed by atoms with Crippen molar-refractivity contribution >= 4 is 45.9 Å². The third kappa shape index (κ3) is 5.88. The zero-order valence-electron chi connectivity index (χ0n) is 19.3. The second-order valence-electron chi connectivity index (χ2n) is 7.72. The van der Waals surface area contributed by atoms with Crippen molar-refractivity contribution in [1.29, 1.82) is 0 Å². The number of benzene rings is 3. The summed E-state index contributed by atoms with van der Waals surface area (Å²) >= 11 is 1.18. The number of ether oxygens (including phenoxy) is 1. The number of thioether (sulfide) groups is 1. The molecule has 0 atom stereocenters. The van der Waals surface area contributed by atoms with E-state index >= 15 is 0 Å². The second-order valence-corrected chi connectivity index (χ2v) is 8.66. The van der Waals surface area contributed by atoms with Crippen LogP contribution in [0.2, 0.25) is 0 Å². The van der Waals surface area contributed by atoms with Crippen LogP contribution in [-0.4, -0.2) is 34.2 Å². The fourth-order valence-corrected chi connectivity index (χ4v) is 4.36. The average Bonchev–Trinajstić information content (AvgIpc) is 2.85. The zero-order chi connectivity index (χ0) is 24.8. The number of methoxy groups -OCH3 is 1. The lowest BCUT2D eigenvalue weighted by Gasteiger charge is -2.14. The molecule has 0 unspecified atom stereocenters. The molecule has 0 bridgehead atoms. The molecule has 1 heterocycles. The summed E-state index contributed by atoms with van der Waals surface area (Å²) in [5.74, 6) is -0.0430. The number of anilines is 2. The third-order valence-electron chi connectivity index (χ3n) is 5.14. The molecular weight excluding hydrogens is 464 g/mol. The summed E-state index contributed by atoms with van der Waals surface area (Å²) in [4.78, 5) is 42.1. The van der Waals surface area contributed by atoms with Gasteiger partial charge in [0.1, 0.15) is 5.75 Å². The van der Waals surface area contributed by atoms with E-state index in [-0.39, 0.29) is 23.1 Å². The van der Waals surface area contributed by atoms with Crippen molar-refractivity contribution in [2.45, 2.75) is 18.6 Å². The molecule has 8 nitrogen and oxygen atoms in total. The molecule has 4 aromatic rings. The molecule has 35 heavy (non-hydrogen) atoms. The molecule has 2 amide bonds. The lowest BCUT2D eigenvalue weighted by Crippen LogP contribution is -2.25. The van der Waals surface area contributed by atoms with Gasteiger partial charge in [0.2, 0.25) is 11.8 Å². The van der Waals surface area contributed by atoms with Crippen molar-refractivity contribution in [1.82, 2.24) is 9.55 Å². The van der Waals surface area contributed by atoms with Gasteiger partial charge >= 0.3 is 0 Å². The van der Waals surface area contributed by atoms with Crippen LogP contribution in [0.4, 0.5) is 11.4 Å². The Labute approximate surface area is 206 Å². The van der Waals surface area contributed by atoms with Crippen LogP contribution in [0.25, 0.3) is 10.9 Å². The van der Waals surface area contributed by atoms with Crippen LogP contribution in [-0.2, 0) is 16.1 Å². The van der Waals surface area contributed by atoms with E-state index < -0.39 is 0 Å². The highest BCUT2D eigenvalue weighted by Crippen LogP contribution is 2.28. The first kappa shape index (κ1) is 24.0. The Morgan fingerprint density at radius 3 is 2.49 bits per heavy atom. The minimum absolute atomic E-state index is 0.0209. The lowest BCUT2D eigenvalue weighted by atomic mass is 10.2. The highest BCUT2D eigenvalue weighted by atomic mass is 32.2. The first-order chi connectivity index (χ1) is 16.9. The van der Waals surface area contributed by atoms with E-state index in [1.54, 1.807) is 41.0 Å². The Morgan fingerprint density at radius 2 is 1.74 bits per heavy atom. The summed E-state index contributed by atoms with van der Waals surface area (Å²) in [5, 5.41) is 6.47. The summed E-state index contributed by atoms with van der Waals surface area (Å²) in [6.45, 7) is 1.75. The van der Waals surface area contributed by atoms with E-state index in [9.17, 15) is 14.4 Å². The Kier molecular flexibility index (Phi) is 7.47. The van der Waals surface area contributed by atoms with Gasteiger partial charge in [0, 0.05) is 12.6 Å². The molecule has 1 aromatic heterocycles. The van der Waals surface area contributed by atoms with Crippen LogP contribution >= 0.6 is 11.8 Å². The molecule has 0 radical (unpaired) electrons. The number of hydrogen-bond acceptors (Lipinski definition) is 6. The first-order valence-corrected chi connectivity index (χ1v) is 11.8. The number of nitrogens with zero attached hydrogens (tertiary/aromatic N) is 2. The van der Waals surface area contributed by atoms with E-state index in [1.165, 1.54) is 25.8 Å². The molecule has 0 aliphatic carbocycles. The van der Waals surface area contributed by atoms with E-state index in [4.69, 9.17) is 4.74 Å². The summed E-state index contributed by atoms with van der Waals surface area (Å²) in [5.41, 5.74) is 2.34. The molecule has 2 N–H and O–H groups in total. The van der Waals surface area contributed by atoms with Gasteiger partial charge in [-0.25, -0.2) is 4.98 Å². The molecule has 0 spiro atoms. The number of nitrogens with one attached hydrogen (secondary N) is 2. The van der Waals surface area contributed by atoms with Crippen LogP contribution in [0.3, 0.4) is 0 Å². The molecule has 0 saturated carbocycles. The second kappa shape index (κ2) is 10.9. The van der Waals surface area contributed by atoms with Crippen LogP contribution in [0.15, 0.2) is 82.7 Å². The minimum Gasteiger partial charge on any atom is -0.495 e. The van der Waals surface area contributed by atoms with Gasteiger partial charge in [0.05, 0.1) is 36.0 Å². The lowest BCUT2D eigenvalue weighted by molar-refractivity contribution is -0.114. The Hall–Kier alpha value is -4.11. The Bertz CT molecular complexity index is 1440. The van der Waals surface area contributed by atoms with E-state index in [0.717, 1.165) is 5.56 Å². The standard InChI is InChI=1S/C26H24N4O4S/c1-17(31)27-19-12-13-23(34-2)22(14-19)28-24(32)16-35-26-29-21-11-7-6-10-20(21)25(33)30(26)15-18-8-4-3-5-9-18/h3-14H,15-16H2,1-2H3,(H,27,31)(H,28,32). The summed E-state index contributed by atoms with van der Waals surface area (Å²) in [6, 6.07) is 21.8. The predicted molar refractivity (Wildman–Crippen MR) is 138 cm³/mol. The highest BCUT2D eigenvalue weighted by Gasteiger charge is 2.15. The quantitative estimate of drug-likeness (QED) is 0.285. The van der Waals surface area contributed by atoms with Crippen molar-refractivity contribution < 1.29 is 14.3 Å². The number of amides is 2. The SMILES string of the molecule is COc1ccc(NC(C)=O)cc1NC(=O)CSc1nc2ccccc2c(=O)n1Cc1ccccc1. The maximum absolute atomic E-state index is 13.3. The van der Waals surface area contributed by atoms with E-state index in [1.807, 2.05) is 36.4 Å². The maximum Gasteiger partial charge on any atom is 0.262 e. The van der Waals surface area contributed by atoms with Gasteiger partial charge in [0.15, 0.2) is 5.16 Å². The summed E-state index contributed by atoms with van der Waals surface area (Å²) in [7, 11) is 1.50. The fourth-order valence-electron chi connectivity index (χ4n) is 3.57. The van der Waals surface area contributed by atoms with Crippen LogP contribution in [0.5, 0.6) is 5.75 Å². The Morgan fingerprint density at radius 1 is 1.00 bits per heavy atom.